The zero-order chi connectivity index (χ0) is 15.5. The van der Waals surface area contributed by atoms with E-state index in [4.69, 9.17) is 0 Å². The maximum Gasteiger partial charge on any atom is 0.251 e. The van der Waals surface area contributed by atoms with Crippen molar-refractivity contribution in [2.45, 2.75) is 32.7 Å². The lowest BCUT2D eigenvalue weighted by atomic mass is 10.0. The van der Waals surface area contributed by atoms with E-state index in [9.17, 15) is 4.79 Å². The molecule has 1 aromatic heterocycles. The highest BCUT2D eigenvalue weighted by Gasteiger charge is 2.46. The Morgan fingerprint density at radius 1 is 1.36 bits per heavy atom. The zero-order valence-electron chi connectivity index (χ0n) is 13.7. The molecular weight excluding hydrogens is 276 g/mol. The minimum atomic E-state index is -0.0798. The monoisotopic (exact) mass is 300 g/mol. The maximum absolute atomic E-state index is 13.1. The summed E-state index contributed by atoms with van der Waals surface area (Å²) in [4.78, 5) is 24.3. The van der Waals surface area contributed by atoms with Gasteiger partial charge in [0.2, 0.25) is 0 Å². The van der Waals surface area contributed by atoms with Crippen LogP contribution in [0.25, 0.3) is 0 Å². The number of carbonyl (C=O) groups excluding carboxylic acids is 1. The van der Waals surface area contributed by atoms with Crippen molar-refractivity contribution in [1.82, 2.24) is 9.88 Å². The summed E-state index contributed by atoms with van der Waals surface area (Å²) in [6.07, 6.45) is 4.36. The Hall–Kier alpha value is -1.62. The summed E-state index contributed by atoms with van der Waals surface area (Å²) in [5.74, 6) is 1.24. The van der Waals surface area contributed by atoms with Crippen LogP contribution in [0.5, 0.6) is 0 Å². The average molecular weight is 300 g/mol. The normalized spacial score (nSPS) is 26.7. The molecule has 2 aliphatic heterocycles. The molecule has 5 heteroatoms. The molecule has 1 aromatic rings. The molecule has 3 heterocycles. The molecule has 3 aliphatic rings. The smallest absolute Gasteiger partial charge is 0.251 e. The summed E-state index contributed by atoms with van der Waals surface area (Å²) < 4.78 is 0. The number of likely N-dealkylation sites (N-methyl/N-ethyl adjacent to an activating group) is 1. The standard InChI is InChI=1S/C17H24N4O/c1-12-8-13-15(18-9-12)20-7-6-19(3)10-14(20)16(22)21(13)11-17(2)4-5-17/h8-9,14H,4-7,10-11H2,1-3H3/t14-/m0/s1. The highest BCUT2D eigenvalue weighted by Crippen LogP contribution is 2.48. The predicted molar refractivity (Wildman–Crippen MR) is 87.3 cm³/mol. The van der Waals surface area contributed by atoms with Crippen LogP contribution in [-0.4, -0.2) is 55.1 Å². The Kier molecular flexibility index (Phi) is 2.98. The van der Waals surface area contributed by atoms with Crippen LogP contribution in [-0.2, 0) is 4.79 Å². The number of hydrogen-bond acceptors (Lipinski definition) is 4. The molecule has 2 fully saturated rings. The van der Waals surface area contributed by atoms with Gasteiger partial charge in [-0.1, -0.05) is 6.92 Å². The molecule has 4 rings (SSSR count). The second kappa shape index (κ2) is 4.69. The van der Waals surface area contributed by atoms with E-state index < -0.39 is 0 Å². The first-order valence-electron chi connectivity index (χ1n) is 8.20. The fraction of sp³-hybridized carbons (Fsp3) is 0.647. The molecule has 118 valence electrons. The highest BCUT2D eigenvalue weighted by molar-refractivity contribution is 6.05. The second-order valence-corrected chi connectivity index (χ2v) is 7.56. The van der Waals surface area contributed by atoms with Crippen molar-refractivity contribution in [3.05, 3.63) is 17.8 Å². The molecule has 0 radical (unpaired) electrons. The fourth-order valence-corrected chi connectivity index (χ4v) is 3.57. The van der Waals surface area contributed by atoms with Crippen molar-refractivity contribution >= 4 is 17.4 Å². The van der Waals surface area contributed by atoms with Crippen LogP contribution in [0.2, 0.25) is 0 Å². The largest absolute Gasteiger partial charge is 0.340 e. The van der Waals surface area contributed by atoms with Gasteiger partial charge >= 0.3 is 0 Å². The van der Waals surface area contributed by atoms with Crippen molar-refractivity contribution in [2.75, 3.05) is 43.0 Å². The van der Waals surface area contributed by atoms with Crippen molar-refractivity contribution in [3.8, 4) is 0 Å². The number of aromatic nitrogens is 1. The number of piperazine rings is 1. The van der Waals surface area contributed by atoms with E-state index in [0.29, 0.717) is 5.41 Å². The molecule has 1 aliphatic carbocycles. The van der Waals surface area contributed by atoms with Crippen molar-refractivity contribution in [2.24, 2.45) is 5.41 Å². The van der Waals surface area contributed by atoms with Gasteiger partial charge in [-0.3, -0.25) is 4.79 Å². The Labute approximate surface area is 131 Å². The number of hydrogen-bond donors (Lipinski definition) is 0. The summed E-state index contributed by atoms with van der Waals surface area (Å²) >= 11 is 0. The minimum Gasteiger partial charge on any atom is -0.340 e. The number of aryl methyl sites for hydroxylation is 1. The lowest BCUT2D eigenvalue weighted by Gasteiger charge is -2.47. The van der Waals surface area contributed by atoms with E-state index in [2.05, 4.69) is 34.8 Å². The lowest BCUT2D eigenvalue weighted by molar-refractivity contribution is -0.121. The molecule has 0 aromatic carbocycles. The van der Waals surface area contributed by atoms with Crippen molar-refractivity contribution < 1.29 is 4.79 Å². The van der Waals surface area contributed by atoms with Crippen LogP contribution < -0.4 is 9.80 Å². The Balaban J connectivity index is 1.77. The number of amides is 1. The van der Waals surface area contributed by atoms with Gasteiger partial charge in [0, 0.05) is 32.4 Å². The minimum absolute atomic E-state index is 0.0798. The Bertz CT molecular complexity index is 625. The summed E-state index contributed by atoms with van der Waals surface area (Å²) in [5, 5.41) is 0. The third-order valence-electron chi connectivity index (χ3n) is 5.32. The summed E-state index contributed by atoms with van der Waals surface area (Å²) in [6, 6.07) is 2.05. The molecular formula is C17H24N4O. The van der Waals surface area contributed by atoms with Gasteiger partial charge in [-0.05, 0) is 43.9 Å². The van der Waals surface area contributed by atoms with Gasteiger partial charge in [-0.15, -0.1) is 0 Å². The van der Waals surface area contributed by atoms with Gasteiger partial charge in [0.15, 0.2) is 5.82 Å². The number of anilines is 2. The predicted octanol–water partition coefficient (Wildman–Crippen LogP) is 1.66. The quantitative estimate of drug-likeness (QED) is 0.833. The molecule has 5 nitrogen and oxygen atoms in total. The van der Waals surface area contributed by atoms with Gasteiger partial charge in [-0.25, -0.2) is 4.98 Å². The fourth-order valence-electron chi connectivity index (χ4n) is 3.57. The first-order valence-corrected chi connectivity index (χ1v) is 8.20. The van der Waals surface area contributed by atoms with Gasteiger partial charge in [0.05, 0.1) is 5.69 Å². The number of nitrogens with zero attached hydrogens (tertiary/aromatic N) is 4. The number of carbonyl (C=O) groups is 1. The third kappa shape index (κ3) is 2.19. The van der Waals surface area contributed by atoms with E-state index in [0.717, 1.165) is 43.2 Å². The molecule has 0 bridgehead atoms. The van der Waals surface area contributed by atoms with Gasteiger partial charge < -0.3 is 14.7 Å². The van der Waals surface area contributed by atoms with E-state index in [1.54, 1.807) is 0 Å². The van der Waals surface area contributed by atoms with E-state index >= 15 is 0 Å². The lowest BCUT2D eigenvalue weighted by Crippen LogP contribution is -2.62. The summed E-state index contributed by atoms with van der Waals surface area (Å²) in [5.41, 5.74) is 2.43. The number of rotatable bonds is 2. The highest BCUT2D eigenvalue weighted by atomic mass is 16.2. The van der Waals surface area contributed by atoms with Crippen LogP contribution in [0.15, 0.2) is 12.3 Å². The van der Waals surface area contributed by atoms with E-state index in [-0.39, 0.29) is 11.9 Å². The molecule has 0 unspecified atom stereocenters. The first-order chi connectivity index (χ1) is 10.5. The first kappa shape index (κ1) is 14.0. The van der Waals surface area contributed by atoms with E-state index in [1.165, 1.54) is 12.8 Å². The molecule has 1 saturated carbocycles. The zero-order valence-corrected chi connectivity index (χ0v) is 13.7. The third-order valence-corrected chi connectivity index (χ3v) is 5.32. The molecule has 22 heavy (non-hydrogen) atoms. The summed E-state index contributed by atoms with van der Waals surface area (Å²) in [6.45, 7) is 7.81. The van der Waals surface area contributed by atoms with Crippen LogP contribution in [0, 0.1) is 12.3 Å². The Morgan fingerprint density at radius 2 is 2.14 bits per heavy atom. The van der Waals surface area contributed by atoms with Crippen LogP contribution in [0.3, 0.4) is 0 Å². The molecule has 1 atom stereocenters. The van der Waals surface area contributed by atoms with Gasteiger partial charge in [-0.2, -0.15) is 0 Å². The number of fused-ring (bicyclic) bond motifs is 3. The van der Waals surface area contributed by atoms with E-state index in [1.807, 2.05) is 18.0 Å². The van der Waals surface area contributed by atoms with Crippen LogP contribution in [0.4, 0.5) is 11.5 Å². The topological polar surface area (TPSA) is 39.7 Å². The number of pyridine rings is 1. The van der Waals surface area contributed by atoms with Crippen LogP contribution >= 0.6 is 0 Å². The SMILES string of the molecule is Cc1cnc2c(c1)N(CC1(C)CC1)C(=O)[C@@H]1CN(C)CCN21. The second-order valence-electron chi connectivity index (χ2n) is 7.56. The molecule has 0 N–H and O–H groups in total. The van der Waals surface area contributed by atoms with Crippen molar-refractivity contribution in [3.63, 3.8) is 0 Å². The van der Waals surface area contributed by atoms with Crippen LogP contribution in [0.1, 0.15) is 25.3 Å². The maximum atomic E-state index is 13.1. The molecule has 1 amide bonds. The molecule has 1 saturated heterocycles. The summed E-state index contributed by atoms with van der Waals surface area (Å²) in [7, 11) is 2.09. The molecule has 0 spiro atoms. The van der Waals surface area contributed by atoms with Gasteiger partial charge in [0.1, 0.15) is 6.04 Å². The Morgan fingerprint density at radius 3 is 2.86 bits per heavy atom. The van der Waals surface area contributed by atoms with Crippen molar-refractivity contribution in [1.29, 1.82) is 0 Å². The van der Waals surface area contributed by atoms with Gasteiger partial charge in [0.25, 0.3) is 5.91 Å². The average Bonchev–Trinajstić information content (AvgIpc) is 3.21.